The smallest absolute Gasteiger partial charge is 0.137 e. The highest BCUT2D eigenvalue weighted by atomic mass is 16.3. The monoisotopic (exact) mass is 643 g/mol. The van der Waals surface area contributed by atoms with Crippen molar-refractivity contribution in [2.45, 2.75) is 38.5 Å². The molecule has 7 aromatic carbocycles. The minimum absolute atomic E-state index is 0.127. The Morgan fingerprint density at radius 3 is 1.76 bits per heavy atom. The number of furan rings is 1. The highest BCUT2D eigenvalue weighted by Gasteiger charge is 2.39. The van der Waals surface area contributed by atoms with Crippen molar-refractivity contribution in [2.24, 2.45) is 0 Å². The van der Waals surface area contributed by atoms with Gasteiger partial charge in [-0.2, -0.15) is 0 Å². The van der Waals surface area contributed by atoms with E-state index in [9.17, 15) is 0 Å². The van der Waals surface area contributed by atoms with Crippen LogP contribution in [0.15, 0.2) is 156 Å². The lowest BCUT2D eigenvalue weighted by Gasteiger charge is -2.31. The quantitative estimate of drug-likeness (QED) is 0.190. The molecular formula is C48H37NO. The van der Waals surface area contributed by atoms with Gasteiger partial charge in [0.2, 0.25) is 0 Å². The maximum absolute atomic E-state index is 6.48. The first-order chi connectivity index (χ1) is 24.3. The average molecular weight is 644 g/mol. The lowest BCUT2D eigenvalue weighted by molar-refractivity contribution is 0.660. The summed E-state index contributed by atoms with van der Waals surface area (Å²) in [6.07, 6.45) is 0. The molecule has 0 saturated heterocycles. The van der Waals surface area contributed by atoms with Crippen molar-refractivity contribution in [1.82, 2.24) is 0 Å². The second-order valence-corrected chi connectivity index (χ2v) is 14.9. The largest absolute Gasteiger partial charge is 0.456 e. The molecule has 1 aromatic heterocycles. The van der Waals surface area contributed by atoms with E-state index >= 15 is 0 Å². The number of fused-ring (bicyclic) bond motifs is 9. The summed E-state index contributed by atoms with van der Waals surface area (Å²) in [6.45, 7) is 9.47. The van der Waals surface area contributed by atoms with Gasteiger partial charge in [0.1, 0.15) is 11.2 Å². The molecule has 240 valence electrons. The van der Waals surface area contributed by atoms with Crippen LogP contribution in [0.3, 0.4) is 0 Å². The average Bonchev–Trinajstić information content (AvgIpc) is 3.72. The van der Waals surface area contributed by atoms with Crippen LogP contribution in [-0.4, -0.2) is 0 Å². The summed E-state index contributed by atoms with van der Waals surface area (Å²) in [4.78, 5) is 2.48. The van der Waals surface area contributed by atoms with Crippen LogP contribution in [0.5, 0.6) is 0 Å². The maximum atomic E-state index is 6.48. The zero-order valence-corrected chi connectivity index (χ0v) is 28.8. The standard InChI is InChI=1S/C48H37NO/c1-47(2)38-21-9-5-15-31(38)33-28-27-30(29-40(33)47)49(42-24-14-26-44-45(42)37-18-8-12-25-43(37)50-44)41-23-11-7-17-34(41)36-20-13-19-35-32-16-6-10-22-39(32)48(3,4)46(35)36/h5-29H,1-4H3. The van der Waals surface area contributed by atoms with Crippen LogP contribution >= 0.6 is 0 Å². The molecule has 10 rings (SSSR count). The zero-order chi connectivity index (χ0) is 33.8. The van der Waals surface area contributed by atoms with E-state index in [0.717, 1.165) is 39.0 Å². The lowest BCUT2D eigenvalue weighted by Crippen LogP contribution is -2.18. The second-order valence-electron chi connectivity index (χ2n) is 14.9. The first kappa shape index (κ1) is 29.1. The van der Waals surface area contributed by atoms with E-state index in [0.29, 0.717) is 0 Å². The van der Waals surface area contributed by atoms with Crippen LogP contribution in [0.4, 0.5) is 17.1 Å². The predicted octanol–water partition coefficient (Wildman–Crippen LogP) is 13.3. The van der Waals surface area contributed by atoms with Crippen LogP contribution in [0.25, 0.3) is 55.3 Å². The Morgan fingerprint density at radius 2 is 0.960 bits per heavy atom. The van der Waals surface area contributed by atoms with Crippen molar-refractivity contribution < 1.29 is 4.42 Å². The summed E-state index contributed by atoms with van der Waals surface area (Å²) in [7, 11) is 0. The van der Waals surface area contributed by atoms with Gasteiger partial charge in [-0.3, -0.25) is 0 Å². The third kappa shape index (κ3) is 3.91. The summed E-state index contributed by atoms with van der Waals surface area (Å²) >= 11 is 0. The molecule has 2 heteroatoms. The fourth-order valence-electron chi connectivity index (χ4n) is 9.15. The number of nitrogens with zero attached hydrogens (tertiary/aromatic N) is 1. The van der Waals surface area contributed by atoms with Crippen LogP contribution in [-0.2, 0) is 10.8 Å². The van der Waals surface area contributed by atoms with Gasteiger partial charge in [0.05, 0.1) is 16.8 Å². The number of benzene rings is 7. The molecule has 0 saturated carbocycles. The Kier molecular flexibility index (Phi) is 6.01. The Balaban J connectivity index is 1.27. The molecule has 0 spiro atoms. The van der Waals surface area contributed by atoms with Gasteiger partial charge in [0, 0.05) is 27.5 Å². The number of para-hydroxylation sites is 2. The Hall–Kier alpha value is -5.86. The molecule has 0 radical (unpaired) electrons. The van der Waals surface area contributed by atoms with E-state index in [4.69, 9.17) is 4.42 Å². The molecule has 0 atom stereocenters. The van der Waals surface area contributed by atoms with Crippen molar-refractivity contribution in [2.75, 3.05) is 4.90 Å². The van der Waals surface area contributed by atoms with Crippen molar-refractivity contribution in [3.05, 3.63) is 174 Å². The number of hydrogen-bond donors (Lipinski definition) is 0. The SMILES string of the molecule is CC1(C)c2ccccc2-c2ccc(N(c3ccccc3-c3cccc4c3C(C)(C)c3ccccc3-4)c3cccc4oc5ccccc5c34)cc21. The van der Waals surface area contributed by atoms with Crippen molar-refractivity contribution >= 4 is 39.0 Å². The Morgan fingerprint density at radius 1 is 0.420 bits per heavy atom. The number of anilines is 3. The summed E-state index contributed by atoms with van der Waals surface area (Å²) in [5.41, 5.74) is 18.1. The molecule has 8 aromatic rings. The van der Waals surface area contributed by atoms with Gasteiger partial charge in [-0.15, -0.1) is 0 Å². The van der Waals surface area contributed by atoms with Gasteiger partial charge in [0.15, 0.2) is 0 Å². The molecule has 0 N–H and O–H groups in total. The van der Waals surface area contributed by atoms with Crippen LogP contribution < -0.4 is 4.90 Å². The van der Waals surface area contributed by atoms with Gasteiger partial charge >= 0.3 is 0 Å². The minimum atomic E-state index is -0.148. The van der Waals surface area contributed by atoms with Gasteiger partial charge in [-0.1, -0.05) is 143 Å². The molecular weight excluding hydrogens is 607 g/mol. The molecule has 0 unspecified atom stereocenters. The van der Waals surface area contributed by atoms with Crippen LogP contribution in [0.1, 0.15) is 49.9 Å². The molecule has 2 aliphatic rings. The normalized spacial score (nSPS) is 14.7. The zero-order valence-electron chi connectivity index (χ0n) is 28.8. The molecule has 0 bridgehead atoms. The molecule has 0 fully saturated rings. The lowest BCUT2D eigenvalue weighted by atomic mass is 9.78. The fraction of sp³-hybridized carbons (Fsp3) is 0.125. The first-order valence-corrected chi connectivity index (χ1v) is 17.6. The Bertz CT molecular complexity index is 2670. The van der Waals surface area contributed by atoms with Crippen LogP contribution in [0, 0.1) is 0 Å². The maximum Gasteiger partial charge on any atom is 0.137 e. The highest BCUT2D eigenvalue weighted by Crippen LogP contribution is 2.55. The summed E-state index contributed by atoms with van der Waals surface area (Å²) in [6, 6.07) is 55.5. The molecule has 0 amide bonds. The summed E-state index contributed by atoms with van der Waals surface area (Å²) in [5, 5.41) is 2.23. The second kappa shape index (κ2) is 10.3. The first-order valence-electron chi connectivity index (χ1n) is 17.6. The van der Waals surface area contributed by atoms with Gasteiger partial charge < -0.3 is 9.32 Å². The topological polar surface area (TPSA) is 16.4 Å². The summed E-state index contributed by atoms with van der Waals surface area (Å²) in [5.74, 6) is 0. The van der Waals surface area contributed by atoms with E-state index in [1.807, 2.05) is 6.07 Å². The fourth-order valence-corrected chi connectivity index (χ4v) is 9.15. The molecule has 2 nitrogen and oxygen atoms in total. The van der Waals surface area contributed by atoms with Gasteiger partial charge in [-0.25, -0.2) is 0 Å². The van der Waals surface area contributed by atoms with Crippen molar-refractivity contribution in [3.63, 3.8) is 0 Å². The van der Waals surface area contributed by atoms with Gasteiger partial charge in [-0.05, 0) is 86.5 Å². The number of rotatable bonds is 4. The third-order valence-electron chi connectivity index (χ3n) is 11.5. The Labute approximate surface area is 293 Å². The van der Waals surface area contributed by atoms with Crippen molar-refractivity contribution in [1.29, 1.82) is 0 Å². The predicted molar refractivity (Wildman–Crippen MR) is 209 cm³/mol. The highest BCUT2D eigenvalue weighted by molar-refractivity contribution is 6.14. The summed E-state index contributed by atoms with van der Waals surface area (Å²) < 4.78 is 6.48. The number of hydrogen-bond acceptors (Lipinski definition) is 2. The molecule has 2 aliphatic carbocycles. The van der Waals surface area contributed by atoms with E-state index in [-0.39, 0.29) is 10.8 Å². The third-order valence-corrected chi connectivity index (χ3v) is 11.5. The van der Waals surface area contributed by atoms with Gasteiger partial charge in [0.25, 0.3) is 0 Å². The van der Waals surface area contributed by atoms with E-state index in [1.54, 1.807) is 0 Å². The molecule has 50 heavy (non-hydrogen) atoms. The van der Waals surface area contributed by atoms with Crippen molar-refractivity contribution in [3.8, 4) is 33.4 Å². The van der Waals surface area contributed by atoms with E-state index in [1.165, 1.54) is 55.6 Å². The minimum Gasteiger partial charge on any atom is -0.456 e. The van der Waals surface area contributed by atoms with Crippen LogP contribution in [0.2, 0.25) is 0 Å². The van der Waals surface area contributed by atoms with E-state index in [2.05, 4.69) is 178 Å². The molecule has 1 heterocycles. The van der Waals surface area contributed by atoms with E-state index < -0.39 is 0 Å². The molecule has 0 aliphatic heterocycles.